The van der Waals surface area contributed by atoms with Gasteiger partial charge in [-0.3, -0.25) is 0 Å². The van der Waals surface area contributed by atoms with E-state index in [1.165, 1.54) is 11.1 Å². The minimum absolute atomic E-state index is 0.123. The van der Waals surface area contributed by atoms with Gasteiger partial charge in [0.05, 0.1) is 0 Å². The molecule has 320 valence electrons. The van der Waals surface area contributed by atoms with Gasteiger partial charge < -0.3 is 0 Å². The van der Waals surface area contributed by atoms with E-state index in [1.54, 1.807) is 0 Å². The number of anilines is 4. The third-order valence-electron chi connectivity index (χ3n) is 12.4. The summed E-state index contributed by atoms with van der Waals surface area (Å²) in [5.74, 6) is 1.56. The van der Waals surface area contributed by atoms with Crippen molar-refractivity contribution in [3.8, 4) is 56.4 Å². The Hall–Kier alpha value is -7.47. The molecular formula is C58H42BN5OPt-2. The molecule has 0 bridgehead atoms. The monoisotopic (exact) mass is 1040 g/mol. The third-order valence-corrected chi connectivity index (χ3v) is 13.4. The molecule has 10 aromatic rings. The van der Waals surface area contributed by atoms with E-state index in [1.807, 2.05) is 97.1 Å². The van der Waals surface area contributed by atoms with Gasteiger partial charge in [-0.2, -0.15) is 12.1 Å². The van der Waals surface area contributed by atoms with Crippen LogP contribution in [-0.4, -0.2) is 21.1 Å². The van der Waals surface area contributed by atoms with Crippen LogP contribution in [0.15, 0.2) is 200 Å². The van der Waals surface area contributed by atoms with Crippen molar-refractivity contribution < 1.29 is 30.9 Å². The van der Waals surface area contributed by atoms with E-state index in [4.69, 9.17) is 16.6 Å². The van der Waals surface area contributed by atoms with E-state index in [9.17, 15) is 0 Å². The zero-order valence-electron chi connectivity index (χ0n) is 41.2. The average Bonchev–Trinajstić information content (AvgIpc) is 3.89. The van der Waals surface area contributed by atoms with Crippen molar-refractivity contribution >= 4 is 46.4 Å². The Balaban J connectivity index is 0.984. The van der Waals surface area contributed by atoms with Crippen molar-refractivity contribution in [1.82, 2.24) is 14.1 Å². The molecule has 0 saturated heterocycles. The first kappa shape index (κ1) is 34.9. The second-order valence-electron chi connectivity index (χ2n) is 17.4. The number of fused-ring (bicyclic) bond motifs is 9. The Kier molecular flexibility index (Phi) is 8.40. The molecule has 0 spiro atoms. The average molecular weight is 1040 g/mol. The summed E-state index contributed by atoms with van der Waals surface area (Å²) in [5.41, 5.74) is 13.1. The number of hydrogen-bond donors (Lipinski definition) is 0. The second kappa shape index (κ2) is 15.9. The molecule has 0 saturated carbocycles. The molecule has 0 atom stereocenters. The summed E-state index contributed by atoms with van der Waals surface area (Å²) in [6, 6.07) is 62.4. The molecule has 0 radical (unpaired) electrons. The molecule has 4 heterocycles. The molecule has 0 unspecified atom stereocenters. The quantitative estimate of drug-likeness (QED) is 0.118. The van der Waals surface area contributed by atoms with Gasteiger partial charge in [-0.05, 0) is 11.6 Å². The van der Waals surface area contributed by atoms with Crippen LogP contribution >= 0.6 is 0 Å². The maximum atomic E-state index is 9.17. The first-order valence-electron chi connectivity index (χ1n) is 24.3. The van der Waals surface area contributed by atoms with Gasteiger partial charge in [-0.25, -0.2) is 0 Å². The Labute approximate surface area is 403 Å². The minimum atomic E-state index is -0.439. The fourth-order valence-corrected chi connectivity index (χ4v) is 10.6. The molecule has 8 aromatic carbocycles. The zero-order chi connectivity index (χ0) is 48.9. The summed E-state index contributed by atoms with van der Waals surface area (Å²) >= 11 is 2.32. The Bertz CT molecular complexity index is 3860. The molecule has 66 heavy (non-hydrogen) atoms. The number of benzene rings is 8. The van der Waals surface area contributed by atoms with Gasteiger partial charge in [-0.15, -0.1) is 6.07 Å². The normalized spacial score (nSPS) is 13.8. The second-order valence-corrected chi connectivity index (χ2v) is 18.4. The van der Waals surface area contributed by atoms with Crippen LogP contribution in [0.2, 0.25) is 0 Å². The van der Waals surface area contributed by atoms with Crippen molar-refractivity contribution in [3.05, 3.63) is 222 Å². The van der Waals surface area contributed by atoms with Crippen LogP contribution in [0.3, 0.4) is 0 Å². The SMILES string of the molecule is [2H]c1c([2H])c([2H])c(-c2cccc(-c3cccc(C(C)(C)C)c3)c2-n2[c](=[Pt])n(-c3[c-]c(Oc4cccc(N5B6c7ccccc7-c7ccccc7N6c6ccc[c-]c65)n4)ccc3)c3ccccc32)c([2H])c1[2H]. The molecule has 0 N–H and O–H groups in total. The number of nitrogens with zero attached hydrogens (tertiary/aromatic N) is 5. The predicted octanol–water partition coefficient (Wildman–Crippen LogP) is 13.6. The summed E-state index contributed by atoms with van der Waals surface area (Å²) < 4.78 is 55.8. The number of rotatable bonds is 7. The van der Waals surface area contributed by atoms with Gasteiger partial charge in [0.25, 0.3) is 0 Å². The first-order valence-corrected chi connectivity index (χ1v) is 23.0. The summed E-state index contributed by atoms with van der Waals surface area (Å²) in [6.07, 6.45) is 0. The van der Waals surface area contributed by atoms with Crippen molar-refractivity contribution in [2.24, 2.45) is 0 Å². The summed E-state index contributed by atoms with van der Waals surface area (Å²) in [7, 11) is 0. The Morgan fingerprint density at radius 1 is 0.621 bits per heavy atom. The van der Waals surface area contributed by atoms with E-state index in [0.29, 0.717) is 34.4 Å². The molecule has 0 fully saturated rings. The molecular weight excluding hydrogens is 989 g/mol. The number of aromatic nitrogens is 3. The van der Waals surface area contributed by atoms with E-state index < -0.39 is 18.1 Å². The Morgan fingerprint density at radius 2 is 1.30 bits per heavy atom. The van der Waals surface area contributed by atoms with Crippen LogP contribution in [0.25, 0.3) is 55.8 Å². The van der Waals surface area contributed by atoms with Crippen molar-refractivity contribution in [2.75, 3.05) is 9.62 Å². The van der Waals surface area contributed by atoms with E-state index in [-0.39, 0.29) is 30.0 Å². The number of imidazole rings is 1. The van der Waals surface area contributed by atoms with Crippen LogP contribution in [0.4, 0.5) is 22.9 Å². The van der Waals surface area contributed by atoms with Gasteiger partial charge in [0.2, 0.25) is 0 Å². The van der Waals surface area contributed by atoms with Crippen molar-refractivity contribution in [3.63, 3.8) is 0 Å². The van der Waals surface area contributed by atoms with Crippen LogP contribution in [0.1, 0.15) is 33.2 Å². The van der Waals surface area contributed by atoms with Gasteiger partial charge in [-0.1, -0.05) is 42.5 Å². The summed E-state index contributed by atoms with van der Waals surface area (Å²) in [4.78, 5) is 9.78. The maximum absolute atomic E-state index is 9.17. The van der Waals surface area contributed by atoms with Crippen LogP contribution in [-0.2, 0) is 24.8 Å². The summed E-state index contributed by atoms with van der Waals surface area (Å²) in [6.45, 7) is 6.32. The Morgan fingerprint density at radius 3 is 2.14 bits per heavy atom. The number of para-hydroxylation sites is 5. The van der Waals surface area contributed by atoms with E-state index in [0.717, 1.165) is 54.1 Å². The number of ether oxygens (including phenoxy) is 1. The van der Waals surface area contributed by atoms with Gasteiger partial charge in [0.15, 0.2) is 0 Å². The van der Waals surface area contributed by atoms with Gasteiger partial charge in [0, 0.05) is 11.3 Å². The standard InChI is InChI=1S/C58H42BN5O.Pt/c1-58(2,3)42-22-15-21-41(37-42)46-28-17-27-45(40-19-5-4-6-20-40)57(46)62-39-61(51-31-11-12-32-52(51)62)43-23-16-24-44(38-43)65-56-36-18-35-55(60-56)64-54-34-14-13-33-53(54)63-50-30-10-8-26-48(50)47-25-7-9-29-49(47)59(63)64;/h4-33,35-37H,1-3H3;/q-2;/i4D,5D,6D,19D,20D;. The molecule has 2 aliphatic heterocycles. The molecule has 6 nitrogen and oxygen atoms in total. The molecule has 0 aliphatic carbocycles. The van der Waals surface area contributed by atoms with Gasteiger partial charge in [0.1, 0.15) is 0 Å². The molecule has 0 amide bonds. The zero-order valence-corrected chi connectivity index (χ0v) is 38.5. The first-order chi connectivity index (χ1) is 34.4. The number of hydrogen-bond acceptors (Lipinski definition) is 4. The van der Waals surface area contributed by atoms with Crippen LogP contribution in [0, 0.1) is 15.9 Å². The van der Waals surface area contributed by atoms with Crippen molar-refractivity contribution in [2.45, 2.75) is 26.2 Å². The topological polar surface area (TPSA) is 38.5 Å². The predicted molar refractivity (Wildman–Crippen MR) is 265 cm³/mol. The molecule has 2 aromatic heterocycles. The van der Waals surface area contributed by atoms with Gasteiger partial charge >= 0.3 is 322 Å². The van der Waals surface area contributed by atoms with E-state index in [2.05, 4.69) is 144 Å². The van der Waals surface area contributed by atoms with E-state index >= 15 is 0 Å². The molecule has 12 rings (SSSR count). The molecule has 2 aliphatic rings. The fourth-order valence-electron chi connectivity index (χ4n) is 9.48. The van der Waals surface area contributed by atoms with Crippen LogP contribution < -0.4 is 19.8 Å². The number of pyridine rings is 1. The summed E-state index contributed by atoms with van der Waals surface area (Å²) in [5, 5.41) is 0. The third kappa shape index (κ3) is 6.60. The van der Waals surface area contributed by atoms with Crippen LogP contribution in [0.5, 0.6) is 11.6 Å². The molecule has 8 heteroatoms. The fraction of sp³-hybridized carbons (Fsp3) is 0.0690. The van der Waals surface area contributed by atoms with Crippen molar-refractivity contribution in [1.29, 1.82) is 0 Å².